The van der Waals surface area contributed by atoms with Crippen molar-refractivity contribution in [3.63, 3.8) is 0 Å². The molecule has 2 N–H and O–H groups in total. The van der Waals surface area contributed by atoms with E-state index in [4.69, 9.17) is 9.47 Å². The zero-order chi connectivity index (χ0) is 17.0. The number of ether oxygens (including phenoxy) is 2. The van der Waals surface area contributed by atoms with Crippen molar-refractivity contribution >= 4 is 22.2 Å². The Bertz CT molecular complexity index is 861. The zero-order valence-corrected chi connectivity index (χ0v) is 14.9. The molecule has 0 spiro atoms. The van der Waals surface area contributed by atoms with E-state index in [1.165, 1.54) is 23.3 Å². The van der Waals surface area contributed by atoms with Gasteiger partial charge in [0.2, 0.25) is 6.79 Å². The second kappa shape index (κ2) is 5.66. The van der Waals surface area contributed by atoms with E-state index in [0.717, 1.165) is 46.4 Å². The standard InChI is InChI=1S/C19H20N2O3S/c1-2-10-3-5-12-15(7-10)25-19-16(12)18(22)20-17(21-19)11-4-6-13-14(8-11)24-9-23-13/h4,6,8,10,17,21H,2-3,5,7,9H2,1H3,(H,20,22)/t10-,17-/m0/s1. The van der Waals surface area contributed by atoms with Gasteiger partial charge in [0.05, 0.1) is 5.56 Å². The zero-order valence-electron chi connectivity index (χ0n) is 14.1. The average molecular weight is 356 g/mol. The molecule has 0 unspecified atom stereocenters. The summed E-state index contributed by atoms with van der Waals surface area (Å²) in [4.78, 5) is 14.2. The average Bonchev–Trinajstić information content (AvgIpc) is 3.24. The molecule has 0 radical (unpaired) electrons. The highest BCUT2D eigenvalue weighted by molar-refractivity contribution is 7.16. The topological polar surface area (TPSA) is 59.6 Å². The first-order valence-corrected chi connectivity index (χ1v) is 9.66. The second-order valence-corrected chi connectivity index (χ2v) is 7.99. The van der Waals surface area contributed by atoms with Crippen LogP contribution >= 0.6 is 11.3 Å². The number of anilines is 1. The van der Waals surface area contributed by atoms with Crippen molar-refractivity contribution in [2.75, 3.05) is 12.1 Å². The van der Waals surface area contributed by atoms with Gasteiger partial charge in [0.1, 0.15) is 11.2 Å². The number of carbonyl (C=O) groups is 1. The van der Waals surface area contributed by atoms with Crippen molar-refractivity contribution in [1.29, 1.82) is 0 Å². The number of carbonyl (C=O) groups excluding carboxylic acids is 1. The third-order valence-corrected chi connectivity index (χ3v) is 6.64. The summed E-state index contributed by atoms with van der Waals surface area (Å²) in [5.41, 5.74) is 3.10. The first kappa shape index (κ1) is 15.1. The fourth-order valence-electron chi connectivity index (χ4n) is 3.97. The van der Waals surface area contributed by atoms with Gasteiger partial charge < -0.3 is 20.1 Å². The van der Waals surface area contributed by atoms with Gasteiger partial charge in [0.25, 0.3) is 5.91 Å². The summed E-state index contributed by atoms with van der Waals surface area (Å²) >= 11 is 1.76. The Kier molecular flexibility index (Phi) is 3.41. The SMILES string of the molecule is CC[C@H]1CCc2c(sc3c2C(=O)N[C@H](c2ccc4c(c2)OCO4)N3)C1. The summed E-state index contributed by atoms with van der Waals surface area (Å²) < 4.78 is 10.8. The lowest BCUT2D eigenvalue weighted by Gasteiger charge is -2.27. The molecule has 0 saturated carbocycles. The van der Waals surface area contributed by atoms with Crippen LogP contribution in [0.5, 0.6) is 11.5 Å². The van der Waals surface area contributed by atoms with Crippen LogP contribution in [-0.4, -0.2) is 12.7 Å². The van der Waals surface area contributed by atoms with Crippen molar-refractivity contribution in [1.82, 2.24) is 5.32 Å². The fourth-order valence-corrected chi connectivity index (χ4v) is 5.36. The first-order valence-electron chi connectivity index (χ1n) is 8.84. The molecule has 1 aromatic heterocycles. The second-order valence-electron chi connectivity index (χ2n) is 6.89. The van der Waals surface area contributed by atoms with Gasteiger partial charge in [-0.2, -0.15) is 0 Å². The maximum Gasteiger partial charge on any atom is 0.256 e. The first-order chi connectivity index (χ1) is 12.2. The minimum Gasteiger partial charge on any atom is -0.454 e. The van der Waals surface area contributed by atoms with Crippen LogP contribution in [-0.2, 0) is 12.8 Å². The van der Waals surface area contributed by atoms with Gasteiger partial charge in [-0.15, -0.1) is 11.3 Å². The van der Waals surface area contributed by atoms with E-state index in [1.54, 1.807) is 11.3 Å². The lowest BCUT2D eigenvalue weighted by atomic mass is 9.85. The molecule has 5 nitrogen and oxygen atoms in total. The fraction of sp³-hybridized carbons (Fsp3) is 0.421. The third kappa shape index (κ3) is 2.39. The Hall–Kier alpha value is -2.21. The number of amides is 1. The summed E-state index contributed by atoms with van der Waals surface area (Å²) in [5, 5.41) is 7.62. The molecule has 2 aliphatic heterocycles. The van der Waals surface area contributed by atoms with Crippen LogP contribution < -0.4 is 20.1 Å². The van der Waals surface area contributed by atoms with Gasteiger partial charge in [0, 0.05) is 4.88 Å². The van der Waals surface area contributed by atoms with Crippen molar-refractivity contribution in [3.8, 4) is 11.5 Å². The van der Waals surface area contributed by atoms with Crippen LogP contribution in [0, 0.1) is 5.92 Å². The lowest BCUT2D eigenvalue weighted by molar-refractivity contribution is 0.0935. The van der Waals surface area contributed by atoms with Gasteiger partial charge >= 0.3 is 0 Å². The van der Waals surface area contributed by atoms with Crippen LogP contribution in [0.25, 0.3) is 0 Å². The number of hydrogen-bond acceptors (Lipinski definition) is 5. The van der Waals surface area contributed by atoms with E-state index in [1.807, 2.05) is 18.2 Å². The van der Waals surface area contributed by atoms with Gasteiger partial charge in [-0.1, -0.05) is 19.4 Å². The van der Waals surface area contributed by atoms with E-state index >= 15 is 0 Å². The van der Waals surface area contributed by atoms with Gasteiger partial charge in [0.15, 0.2) is 11.5 Å². The molecule has 0 saturated heterocycles. The summed E-state index contributed by atoms with van der Waals surface area (Å²) in [6.45, 7) is 2.51. The minimum atomic E-state index is -0.239. The Morgan fingerprint density at radius 3 is 3.00 bits per heavy atom. The van der Waals surface area contributed by atoms with Gasteiger partial charge in [-0.05, 0) is 48.4 Å². The predicted octanol–water partition coefficient (Wildman–Crippen LogP) is 3.85. The van der Waals surface area contributed by atoms with Crippen molar-refractivity contribution < 1.29 is 14.3 Å². The molecule has 2 aromatic rings. The van der Waals surface area contributed by atoms with E-state index in [0.29, 0.717) is 0 Å². The highest BCUT2D eigenvalue weighted by Gasteiger charge is 2.33. The quantitative estimate of drug-likeness (QED) is 0.858. The number of benzene rings is 1. The summed E-state index contributed by atoms with van der Waals surface area (Å²) in [6.07, 6.45) is 4.28. The van der Waals surface area contributed by atoms with Crippen molar-refractivity contribution in [3.05, 3.63) is 39.8 Å². The number of fused-ring (bicyclic) bond motifs is 4. The van der Waals surface area contributed by atoms with Crippen LogP contribution in [0.1, 0.15) is 52.3 Å². The third-order valence-electron chi connectivity index (χ3n) is 5.45. The number of rotatable bonds is 2. The van der Waals surface area contributed by atoms with E-state index in [2.05, 4.69) is 17.6 Å². The summed E-state index contributed by atoms with van der Waals surface area (Å²) in [5.74, 6) is 2.27. The van der Waals surface area contributed by atoms with Crippen LogP contribution in [0.4, 0.5) is 5.00 Å². The van der Waals surface area contributed by atoms with Gasteiger partial charge in [-0.25, -0.2) is 0 Å². The molecule has 130 valence electrons. The van der Waals surface area contributed by atoms with Crippen molar-refractivity contribution in [2.45, 2.75) is 38.8 Å². The monoisotopic (exact) mass is 356 g/mol. The molecule has 5 rings (SSSR count). The summed E-state index contributed by atoms with van der Waals surface area (Å²) in [7, 11) is 0. The molecule has 0 fully saturated rings. The number of nitrogens with one attached hydrogen (secondary N) is 2. The smallest absolute Gasteiger partial charge is 0.256 e. The van der Waals surface area contributed by atoms with Crippen LogP contribution in [0.3, 0.4) is 0 Å². The Morgan fingerprint density at radius 2 is 2.12 bits per heavy atom. The molecule has 1 aromatic carbocycles. The Labute approximate surface area is 150 Å². The molecule has 0 bridgehead atoms. The molecule has 1 amide bonds. The molecule has 2 atom stereocenters. The van der Waals surface area contributed by atoms with E-state index in [9.17, 15) is 4.79 Å². The maximum absolute atomic E-state index is 12.8. The van der Waals surface area contributed by atoms with Crippen LogP contribution in [0.15, 0.2) is 18.2 Å². The van der Waals surface area contributed by atoms with Crippen LogP contribution in [0.2, 0.25) is 0 Å². The Morgan fingerprint density at radius 1 is 1.24 bits per heavy atom. The molecule has 3 heterocycles. The van der Waals surface area contributed by atoms with Crippen molar-refractivity contribution in [2.24, 2.45) is 5.92 Å². The highest BCUT2D eigenvalue weighted by Crippen LogP contribution is 2.43. The summed E-state index contributed by atoms with van der Waals surface area (Å²) in [6, 6.07) is 5.80. The molecular weight excluding hydrogens is 336 g/mol. The van der Waals surface area contributed by atoms with E-state index in [-0.39, 0.29) is 18.9 Å². The lowest BCUT2D eigenvalue weighted by Crippen LogP contribution is -2.38. The minimum absolute atomic E-state index is 0.0314. The maximum atomic E-state index is 12.8. The molecule has 6 heteroatoms. The van der Waals surface area contributed by atoms with E-state index < -0.39 is 0 Å². The molecule has 3 aliphatic rings. The predicted molar refractivity (Wildman–Crippen MR) is 96.5 cm³/mol. The molecule has 1 aliphatic carbocycles. The number of thiophene rings is 1. The number of hydrogen-bond donors (Lipinski definition) is 2. The molecule has 25 heavy (non-hydrogen) atoms. The molecular formula is C19H20N2O3S. The van der Waals surface area contributed by atoms with Gasteiger partial charge in [-0.3, -0.25) is 4.79 Å². The largest absolute Gasteiger partial charge is 0.454 e. The normalized spacial score (nSPS) is 23.5. The Balaban J connectivity index is 1.47. The highest BCUT2D eigenvalue weighted by atomic mass is 32.1.